The van der Waals surface area contributed by atoms with Crippen molar-refractivity contribution < 1.29 is 0 Å². The predicted octanol–water partition coefficient (Wildman–Crippen LogP) is 9.33. The molecule has 1 N–H and O–H groups in total. The first-order valence-corrected chi connectivity index (χ1v) is 15.9. The van der Waals surface area contributed by atoms with Crippen LogP contribution >= 0.6 is 0 Å². The van der Waals surface area contributed by atoms with Crippen molar-refractivity contribution >= 4 is 44.6 Å². The van der Waals surface area contributed by atoms with Gasteiger partial charge >= 0.3 is 0 Å². The number of nitrogens with zero attached hydrogens (tertiary/aromatic N) is 1. The van der Waals surface area contributed by atoms with Gasteiger partial charge in [0.15, 0.2) is 0 Å². The van der Waals surface area contributed by atoms with Crippen LogP contribution in [0.15, 0.2) is 152 Å². The quantitative estimate of drug-likeness (QED) is 0.208. The standard InChI is InChI=1S/C44H30N2/c1-3-11-29(12-4-1)41-33-15-7-9-17-35(33)43(39-27-45-25-23-37(39)41)31-19-21-32(22-20-31)44-36-18-10-8-16-34(36)42(30-13-5-2-6-14-30)38-24-26-46-28-40(38)44/h1-25,27-28,46H,26H2. The van der Waals surface area contributed by atoms with Crippen molar-refractivity contribution in [1.82, 2.24) is 10.3 Å². The zero-order valence-corrected chi connectivity index (χ0v) is 25.2. The average Bonchev–Trinajstić information content (AvgIpc) is 3.13. The molecule has 0 unspecified atom stereocenters. The Labute approximate surface area is 267 Å². The third kappa shape index (κ3) is 4.15. The summed E-state index contributed by atoms with van der Waals surface area (Å²) in [5.74, 6) is 0. The Kier molecular flexibility index (Phi) is 6.24. The molecular weight excluding hydrogens is 556 g/mol. The van der Waals surface area contributed by atoms with E-state index >= 15 is 0 Å². The molecule has 216 valence electrons. The minimum absolute atomic E-state index is 0.816. The fourth-order valence-electron chi connectivity index (χ4n) is 7.44. The van der Waals surface area contributed by atoms with Crippen LogP contribution in [0.25, 0.3) is 89.1 Å². The van der Waals surface area contributed by atoms with E-state index in [1.54, 1.807) is 0 Å². The Morgan fingerprint density at radius 1 is 0.391 bits per heavy atom. The molecule has 1 aliphatic rings. The molecule has 9 rings (SSSR count). The van der Waals surface area contributed by atoms with Gasteiger partial charge in [-0.25, -0.2) is 0 Å². The molecule has 8 aromatic rings. The summed E-state index contributed by atoms with van der Waals surface area (Å²) in [6, 6.07) is 50.5. The van der Waals surface area contributed by atoms with Crippen molar-refractivity contribution in [3.63, 3.8) is 0 Å². The largest absolute Gasteiger partial charge is 0.387 e. The number of rotatable bonds is 4. The summed E-state index contributed by atoms with van der Waals surface area (Å²) in [6.45, 7) is 0.816. The van der Waals surface area contributed by atoms with E-state index in [9.17, 15) is 0 Å². The first-order valence-electron chi connectivity index (χ1n) is 15.9. The van der Waals surface area contributed by atoms with Gasteiger partial charge in [-0.3, -0.25) is 4.98 Å². The zero-order chi connectivity index (χ0) is 30.5. The minimum atomic E-state index is 0.816. The van der Waals surface area contributed by atoms with Gasteiger partial charge < -0.3 is 5.32 Å². The lowest BCUT2D eigenvalue weighted by atomic mass is 9.85. The summed E-state index contributed by atoms with van der Waals surface area (Å²) in [7, 11) is 0. The molecule has 0 aliphatic carbocycles. The Bertz CT molecular complexity index is 2490. The van der Waals surface area contributed by atoms with Crippen molar-refractivity contribution in [2.75, 3.05) is 6.54 Å². The molecule has 0 fully saturated rings. The Morgan fingerprint density at radius 2 is 0.826 bits per heavy atom. The third-order valence-corrected chi connectivity index (χ3v) is 9.38. The summed E-state index contributed by atoms with van der Waals surface area (Å²) in [6.07, 6.45) is 8.47. The summed E-state index contributed by atoms with van der Waals surface area (Å²) < 4.78 is 0. The maximum absolute atomic E-state index is 4.61. The van der Waals surface area contributed by atoms with E-state index in [2.05, 4.69) is 162 Å². The van der Waals surface area contributed by atoms with Gasteiger partial charge in [-0.2, -0.15) is 0 Å². The lowest BCUT2D eigenvalue weighted by molar-refractivity contribution is 1.06. The topological polar surface area (TPSA) is 24.9 Å². The van der Waals surface area contributed by atoms with E-state index in [1.807, 2.05) is 12.4 Å². The minimum Gasteiger partial charge on any atom is -0.387 e. The number of benzene rings is 7. The van der Waals surface area contributed by atoms with Gasteiger partial charge in [0.05, 0.1) is 0 Å². The van der Waals surface area contributed by atoms with Gasteiger partial charge in [-0.15, -0.1) is 0 Å². The highest BCUT2D eigenvalue weighted by atomic mass is 14.8. The van der Waals surface area contributed by atoms with Gasteiger partial charge in [0.1, 0.15) is 0 Å². The van der Waals surface area contributed by atoms with Crippen LogP contribution in [0.2, 0.25) is 0 Å². The van der Waals surface area contributed by atoms with Crippen LogP contribution in [0.1, 0.15) is 0 Å². The maximum Gasteiger partial charge on any atom is 0.0353 e. The second-order valence-electron chi connectivity index (χ2n) is 11.9. The number of hydrogen-bond donors (Lipinski definition) is 1. The van der Waals surface area contributed by atoms with Crippen molar-refractivity contribution in [1.29, 1.82) is 0 Å². The normalized spacial score (nSPS) is 12.3. The highest BCUT2D eigenvalue weighted by molar-refractivity contribution is 6.21. The van der Waals surface area contributed by atoms with Crippen LogP contribution in [0.4, 0.5) is 0 Å². The zero-order valence-electron chi connectivity index (χ0n) is 25.2. The number of hydrogen-bond acceptors (Lipinski definition) is 2. The molecule has 1 aliphatic heterocycles. The van der Waals surface area contributed by atoms with Gasteiger partial charge in [0.25, 0.3) is 0 Å². The number of nitrogens with one attached hydrogen (secondary N) is 1. The van der Waals surface area contributed by atoms with Crippen LogP contribution in [-0.4, -0.2) is 11.5 Å². The van der Waals surface area contributed by atoms with Crippen molar-refractivity contribution in [2.24, 2.45) is 0 Å². The van der Waals surface area contributed by atoms with Gasteiger partial charge in [-0.1, -0.05) is 140 Å². The third-order valence-electron chi connectivity index (χ3n) is 9.38. The number of pyridine rings is 1. The number of aromatic nitrogens is 1. The Hall–Kier alpha value is -5.99. The molecule has 0 radical (unpaired) electrons. The fourth-order valence-corrected chi connectivity index (χ4v) is 7.44. The molecule has 0 saturated carbocycles. The smallest absolute Gasteiger partial charge is 0.0353 e. The van der Waals surface area contributed by atoms with E-state index in [0.29, 0.717) is 0 Å². The lowest BCUT2D eigenvalue weighted by Crippen LogP contribution is -2.36. The maximum atomic E-state index is 4.61. The molecule has 0 amide bonds. The SMILES string of the molecule is C1=c2c(-c3ccccc3)c3ccccc3c(-c3ccc(-c4c5ccccc5c(-c5ccccc5)c5ccncc45)cc3)c2=CNC1. The first kappa shape index (κ1) is 26.4. The van der Waals surface area contributed by atoms with Crippen molar-refractivity contribution in [3.8, 4) is 44.5 Å². The second kappa shape index (κ2) is 10.9. The molecule has 0 spiro atoms. The first-order chi connectivity index (χ1) is 22.9. The molecule has 2 heteroatoms. The molecule has 7 aromatic carbocycles. The Balaban J connectivity index is 1.28. The van der Waals surface area contributed by atoms with Gasteiger partial charge in [0.2, 0.25) is 0 Å². The number of fused-ring (bicyclic) bond motifs is 4. The Morgan fingerprint density at radius 3 is 1.43 bits per heavy atom. The highest BCUT2D eigenvalue weighted by Crippen LogP contribution is 2.43. The molecule has 2 nitrogen and oxygen atoms in total. The predicted molar refractivity (Wildman–Crippen MR) is 195 cm³/mol. The fraction of sp³-hybridized carbons (Fsp3) is 0.0227. The second-order valence-corrected chi connectivity index (χ2v) is 11.9. The summed E-state index contributed by atoms with van der Waals surface area (Å²) in [5, 5.41) is 13.4. The van der Waals surface area contributed by atoms with Gasteiger partial charge in [-0.05, 0) is 82.7 Å². The van der Waals surface area contributed by atoms with Crippen LogP contribution in [0.5, 0.6) is 0 Å². The highest BCUT2D eigenvalue weighted by Gasteiger charge is 2.18. The van der Waals surface area contributed by atoms with Crippen molar-refractivity contribution in [2.45, 2.75) is 0 Å². The molecule has 0 bridgehead atoms. The monoisotopic (exact) mass is 586 g/mol. The molecular formula is C44H30N2. The molecule has 46 heavy (non-hydrogen) atoms. The van der Waals surface area contributed by atoms with E-state index in [-0.39, 0.29) is 0 Å². The van der Waals surface area contributed by atoms with Crippen molar-refractivity contribution in [3.05, 3.63) is 162 Å². The van der Waals surface area contributed by atoms with Gasteiger partial charge in [0, 0.05) is 35.7 Å². The molecule has 0 saturated heterocycles. The van der Waals surface area contributed by atoms with Crippen LogP contribution < -0.4 is 15.8 Å². The van der Waals surface area contributed by atoms with Crippen LogP contribution in [0, 0.1) is 0 Å². The lowest BCUT2D eigenvalue weighted by Gasteiger charge is -2.19. The van der Waals surface area contributed by atoms with E-state index in [1.165, 1.54) is 81.9 Å². The van der Waals surface area contributed by atoms with E-state index in [4.69, 9.17) is 0 Å². The average molecular weight is 587 g/mol. The molecule has 1 aromatic heterocycles. The van der Waals surface area contributed by atoms with Crippen LogP contribution in [-0.2, 0) is 0 Å². The summed E-state index contributed by atoms with van der Waals surface area (Å²) in [4.78, 5) is 4.61. The molecule has 2 heterocycles. The van der Waals surface area contributed by atoms with E-state index in [0.717, 1.165) is 11.9 Å². The van der Waals surface area contributed by atoms with Crippen LogP contribution in [0.3, 0.4) is 0 Å². The van der Waals surface area contributed by atoms with E-state index < -0.39 is 0 Å². The summed E-state index contributed by atoms with van der Waals surface area (Å²) in [5.41, 5.74) is 9.89. The summed E-state index contributed by atoms with van der Waals surface area (Å²) >= 11 is 0. The molecule has 0 atom stereocenters.